The lowest BCUT2D eigenvalue weighted by molar-refractivity contribution is 0.0827. The van der Waals surface area contributed by atoms with Gasteiger partial charge in [-0.25, -0.2) is 0 Å². The van der Waals surface area contributed by atoms with Crippen LogP contribution >= 0.6 is 0 Å². The Morgan fingerprint density at radius 2 is 1.48 bits per heavy atom. The maximum absolute atomic E-state index is 11.9. The third kappa shape index (κ3) is 2.52. The van der Waals surface area contributed by atoms with Gasteiger partial charge in [-0.15, -0.1) is 0 Å². The van der Waals surface area contributed by atoms with Crippen LogP contribution in [-0.2, 0) is 0 Å². The SMILES string of the molecule is CN(C)C(=O)c1ccc(-c2cccc3ccccc23)cc1. The van der Waals surface area contributed by atoms with E-state index < -0.39 is 0 Å². The molecule has 1 amide bonds. The molecule has 0 spiro atoms. The molecule has 0 aliphatic carbocycles. The summed E-state index contributed by atoms with van der Waals surface area (Å²) in [6.45, 7) is 0. The van der Waals surface area contributed by atoms with Crippen molar-refractivity contribution in [3.05, 3.63) is 72.3 Å². The minimum atomic E-state index is 0.0273. The van der Waals surface area contributed by atoms with Crippen LogP contribution in [0.5, 0.6) is 0 Å². The number of rotatable bonds is 2. The maximum Gasteiger partial charge on any atom is 0.253 e. The van der Waals surface area contributed by atoms with Gasteiger partial charge >= 0.3 is 0 Å². The molecule has 0 bridgehead atoms. The van der Waals surface area contributed by atoms with Gasteiger partial charge in [0.2, 0.25) is 0 Å². The fourth-order valence-electron chi connectivity index (χ4n) is 2.53. The molecule has 0 N–H and O–H groups in total. The van der Waals surface area contributed by atoms with E-state index in [0.29, 0.717) is 5.56 Å². The summed E-state index contributed by atoms with van der Waals surface area (Å²) in [5.41, 5.74) is 3.03. The molecular weight excluding hydrogens is 258 g/mol. The first-order valence-corrected chi connectivity index (χ1v) is 6.96. The van der Waals surface area contributed by atoms with Crippen molar-refractivity contribution in [3.63, 3.8) is 0 Å². The van der Waals surface area contributed by atoms with Crippen LogP contribution in [-0.4, -0.2) is 24.9 Å². The second kappa shape index (κ2) is 5.41. The number of fused-ring (bicyclic) bond motifs is 1. The second-order valence-electron chi connectivity index (χ2n) is 5.30. The van der Waals surface area contributed by atoms with E-state index >= 15 is 0 Å². The Labute approximate surface area is 124 Å². The second-order valence-corrected chi connectivity index (χ2v) is 5.30. The summed E-state index contributed by atoms with van der Waals surface area (Å²) in [4.78, 5) is 13.5. The van der Waals surface area contributed by atoms with Gasteiger partial charge in [0.05, 0.1) is 0 Å². The number of carbonyl (C=O) groups excluding carboxylic acids is 1. The molecule has 3 rings (SSSR count). The van der Waals surface area contributed by atoms with E-state index in [2.05, 4.69) is 36.4 Å². The summed E-state index contributed by atoms with van der Waals surface area (Å²) in [7, 11) is 3.53. The summed E-state index contributed by atoms with van der Waals surface area (Å²) < 4.78 is 0. The molecule has 0 saturated heterocycles. The van der Waals surface area contributed by atoms with Crippen LogP contribution in [0.15, 0.2) is 66.7 Å². The average molecular weight is 275 g/mol. The predicted octanol–water partition coefficient (Wildman–Crippen LogP) is 4.21. The van der Waals surface area contributed by atoms with Gasteiger partial charge in [-0.3, -0.25) is 4.79 Å². The van der Waals surface area contributed by atoms with E-state index in [1.165, 1.54) is 16.3 Å². The van der Waals surface area contributed by atoms with Crippen molar-refractivity contribution in [2.24, 2.45) is 0 Å². The van der Waals surface area contributed by atoms with E-state index in [9.17, 15) is 4.79 Å². The molecular formula is C19H17NO. The molecule has 0 aliphatic rings. The monoisotopic (exact) mass is 275 g/mol. The summed E-state index contributed by atoms with van der Waals surface area (Å²) in [6, 6.07) is 22.4. The molecule has 0 saturated carbocycles. The van der Waals surface area contributed by atoms with Crippen LogP contribution in [0.3, 0.4) is 0 Å². The number of hydrogen-bond donors (Lipinski definition) is 0. The molecule has 0 radical (unpaired) electrons. The van der Waals surface area contributed by atoms with E-state index in [1.54, 1.807) is 19.0 Å². The van der Waals surface area contributed by atoms with Gasteiger partial charge < -0.3 is 4.90 Å². The highest BCUT2D eigenvalue weighted by Gasteiger charge is 2.08. The molecule has 0 fully saturated rings. The summed E-state index contributed by atoms with van der Waals surface area (Å²) >= 11 is 0. The third-order valence-electron chi connectivity index (χ3n) is 3.64. The van der Waals surface area contributed by atoms with Crippen molar-refractivity contribution < 1.29 is 4.79 Å². The molecule has 0 heterocycles. The van der Waals surface area contributed by atoms with Gasteiger partial charge in [-0.2, -0.15) is 0 Å². The van der Waals surface area contributed by atoms with Gasteiger partial charge in [0.15, 0.2) is 0 Å². The largest absolute Gasteiger partial charge is 0.345 e. The molecule has 0 atom stereocenters. The number of hydrogen-bond acceptors (Lipinski definition) is 1. The van der Waals surface area contributed by atoms with Crippen molar-refractivity contribution in [1.29, 1.82) is 0 Å². The van der Waals surface area contributed by atoms with Crippen molar-refractivity contribution in [1.82, 2.24) is 4.90 Å². The topological polar surface area (TPSA) is 20.3 Å². The lowest BCUT2D eigenvalue weighted by Crippen LogP contribution is -2.21. The third-order valence-corrected chi connectivity index (χ3v) is 3.64. The van der Waals surface area contributed by atoms with Crippen LogP contribution in [0.1, 0.15) is 10.4 Å². The zero-order valence-electron chi connectivity index (χ0n) is 12.2. The number of carbonyl (C=O) groups is 1. The molecule has 0 aliphatic heterocycles. The lowest BCUT2D eigenvalue weighted by Gasteiger charge is -2.11. The number of nitrogens with zero attached hydrogens (tertiary/aromatic N) is 1. The molecule has 3 aromatic carbocycles. The van der Waals surface area contributed by atoms with Crippen molar-refractivity contribution >= 4 is 16.7 Å². The Hall–Kier alpha value is -2.61. The molecule has 2 nitrogen and oxygen atoms in total. The van der Waals surface area contributed by atoms with Crippen LogP contribution in [0.25, 0.3) is 21.9 Å². The van der Waals surface area contributed by atoms with E-state index in [0.717, 1.165) is 5.56 Å². The maximum atomic E-state index is 11.9. The number of benzene rings is 3. The molecule has 0 aromatic heterocycles. The first-order chi connectivity index (χ1) is 10.2. The van der Waals surface area contributed by atoms with Crippen molar-refractivity contribution in [2.45, 2.75) is 0 Å². The highest BCUT2D eigenvalue weighted by molar-refractivity contribution is 5.98. The molecule has 21 heavy (non-hydrogen) atoms. The summed E-state index contributed by atoms with van der Waals surface area (Å²) in [6.07, 6.45) is 0. The number of amides is 1. The normalized spacial score (nSPS) is 10.6. The van der Waals surface area contributed by atoms with E-state index in [4.69, 9.17) is 0 Å². The molecule has 0 unspecified atom stereocenters. The zero-order chi connectivity index (χ0) is 14.8. The first kappa shape index (κ1) is 13.4. The smallest absolute Gasteiger partial charge is 0.253 e. The first-order valence-electron chi connectivity index (χ1n) is 6.96. The quantitative estimate of drug-likeness (QED) is 0.686. The Bertz CT molecular complexity index is 783. The van der Waals surface area contributed by atoms with Crippen LogP contribution in [0.2, 0.25) is 0 Å². The fraction of sp³-hybridized carbons (Fsp3) is 0.105. The summed E-state index contributed by atoms with van der Waals surface area (Å²) in [5.74, 6) is 0.0273. The molecule has 2 heteroatoms. The van der Waals surface area contributed by atoms with Gasteiger partial charge in [0, 0.05) is 19.7 Å². The van der Waals surface area contributed by atoms with Crippen LogP contribution in [0.4, 0.5) is 0 Å². The van der Waals surface area contributed by atoms with E-state index in [-0.39, 0.29) is 5.91 Å². The Balaban J connectivity index is 2.06. The van der Waals surface area contributed by atoms with E-state index in [1.807, 2.05) is 30.3 Å². The Morgan fingerprint density at radius 3 is 2.19 bits per heavy atom. The Morgan fingerprint density at radius 1 is 0.810 bits per heavy atom. The highest BCUT2D eigenvalue weighted by Crippen LogP contribution is 2.28. The minimum Gasteiger partial charge on any atom is -0.345 e. The summed E-state index contributed by atoms with van der Waals surface area (Å²) in [5, 5.41) is 2.45. The van der Waals surface area contributed by atoms with Gasteiger partial charge in [0.25, 0.3) is 5.91 Å². The van der Waals surface area contributed by atoms with Crippen molar-refractivity contribution in [2.75, 3.05) is 14.1 Å². The lowest BCUT2D eigenvalue weighted by atomic mass is 9.97. The van der Waals surface area contributed by atoms with Gasteiger partial charge in [-0.05, 0) is 34.0 Å². The fourth-order valence-corrected chi connectivity index (χ4v) is 2.53. The van der Waals surface area contributed by atoms with Gasteiger partial charge in [0.1, 0.15) is 0 Å². The van der Waals surface area contributed by atoms with Crippen LogP contribution in [0, 0.1) is 0 Å². The van der Waals surface area contributed by atoms with Crippen molar-refractivity contribution in [3.8, 4) is 11.1 Å². The zero-order valence-corrected chi connectivity index (χ0v) is 12.2. The van der Waals surface area contributed by atoms with Crippen LogP contribution < -0.4 is 0 Å². The standard InChI is InChI=1S/C19H17NO/c1-20(2)19(21)16-12-10-15(11-13-16)18-9-5-7-14-6-3-4-8-17(14)18/h3-13H,1-2H3. The minimum absolute atomic E-state index is 0.0273. The Kier molecular flexibility index (Phi) is 3.44. The average Bonchev–Trinajstić information content (AvgIpc) is 2.53. The highest BCUT2D eigenvalue weighted by atomic mass is 16.2. The van der Waals surface area contributed by atoms with Gasteiger partial charge in [-0.1, -0.05) is 54.6 Å². The predicted molar refractivity (Wildman–Crippen MR) is 87.4 cm³/mol. The molecule has 104 valence electrons. The molecule has 3 aromatic rings.